The molecule has 162 valence electrons. The third kappa shape index (κ3) is 3.92. The molecule has 0 N–H and O–H groups in total. The lowest BCUT2D eigenvalue weighted by atomic mass is 9.98. The van der Waals surface area contributed by atoms with E-state index in [0.29, 0.717) is 19.0 Å². The molecule has 0 radical (unpaired) electrons. The quantitative estimate of drug-likeness (QED) is 0.701. The molecule has 1 saturated heterocycles. The minimum absolute atomic E-state index is 0.112. The summed E-state index contributed by atoms with van der Waals surface area (Å²) in [5.74, 6) is 0.803. The van der Waals surface area contributed by atoms with Gasteiger partial charge in [0.1, 0.15) is 5.60 Å². The molecule has 0 bridgehead atoms. The van der Waals surface area contributed by atoms with Crippen LogP contribution in [0, 0.1) is 5.92 Å². The predicted octanol–water partition coefficient (Wildman–Crippen LogP) is 4.34. The van der Waals surface area contributed by atoms with Crippen LogP contribution in [0.1, 0.15) is 62.2 Å². The first kappa shape index (κ1) is 20.8. The first-order valence-corrected chi connectivity index (χ1v) is 11.0. The van der Waals surface area contributed by atoms with E-state index in [4.69, 9.17) is 4.74 Å². The Morgan fingerprint density at radius 3 is 2.43 bits per heavy atom. The minimum Gasteiger partial charge on any atom is -0.444 e. The summed E-state index contributed by atoms with van der Waals surface area (Å²) in [5.41, 5.74) is 3.70. The number of nitrogens with zero attached hydrogens (tertiary/aromatic N) is 3. The molecule has 1 aromatic heterocycles. The van der Waals surface area contributed by atoms with Crippen LogP contribution in [0.2, 0.25) is 0 Å². The fourth-order valence-corrected chi connectivity index (χ4v) is 4.59. The average molecular weight is 412 g/mol. The summed E-state index contributed by atoms with van der Waals surface area (Å²) in [4.78, 5) is 29.4. The highest BCUT2D eigenvalue weighted by Crippen LogP contribution is 2.32. The van der Waals surface area contributed by atoms with E-state index in [0.717, 1.165) is 54.4 Å². The van der Waals surface area contributed by atoms with Crippen molar-refractivity contribution in [1.29, 1.82) is 0 Å². The normalized spacial score (nSPS) is 17.9. The lowest BCUT2D eigenvalue weighted by molar-refractivity contribution is 0.0223. The van der Waals surface area contributed by atoms with E-state index in [1.165, 1.54) is 5.69 Å². The Hall–Kier alpha value is -2.50. The zero-order chi connectivity index (χ0) is 21.6. The molecule has 2 aromatic rings. The van der Waals surface area contributed by atoms with E-state index in [1.54, 1.807) is 4.90 Å². The topological polar surface area (TPSA) is 54.8 Å². The maximum absolute atomic E-state index is 13.1. The van der Waals surface area contributed by atoms with Gasteiger partial charge in [0.05, 0.1) is 6.54 Å². The molecule has 4 rings (SSSR count). The molecule has 0 atom stereocenters. The number of piperidine rings is 1. The van der Waals surface area contributed by atoms with Gasteiger partial charge in [0.25, 0.3) is 5.91 Å². The van der Waals surface area contributed by atoms with Gasteiger partial charge in [-0.25, -0.2) is 4.79 Å². The van der Waals surface area contributed by atoms with Gasteiger partial charge in [0, 0.05) is 60.8 Å². The molecule has 6 nitrogen and oxygen atoms in total. The molecule has 2 aliphatic heterocycles. The highest BCUT2D eigenvalue weighted by atomic mass is 16.6. The lowest BCUT2D eigenvalue weighted by Gasteiger charge is -2.31. The summed E-state index contributed by atoms with van der Waals surface area (Å²) in [6, 6.07) is 6.01. The van der Waals surface area contributed by atoms with Gasteiger partial charge in [-0.1, -0.05) is 6.92 Å². The van der Waals surface area contributed by atoms with E-state index in [2.05, 4.69) is 18.5 Å². The standard InChI is InChI=1S/C24H33N3O3/c1-16-8-11-26(12-9-16)22(28)17-6-7-20-18(14-17)19-15-27(13-10-21(19)25(20)5)23(29)30-24(2,3)4/h6-7,14,16H,8-13,15H2,1-5H3. The number of aromatic nitrogens is 1. The molecule has 0 aliphatic carbocycles. The van der Waals surface area contributed by atoms with Crippen molar-refractivity contribution in [1.82, 2.24) is 14.4 Å². The van der Waals surface area contributed by atoms with Crippen molar-refractivity contribution < 1.29 is 14.3 Å². The Bertz CT molecular complexity index is 978. The largest absolute Gasteiger partial charge is 0.444 e. The highest BCUT2D eigenvalue weighted by Gasteiger charge is 2.29. The van der Waals surface area contributed by atoms with E-state index in [9.17, 15) is 9.59 Å². The monoisotopic (exact) mass is 411 g/mol. The Morgan fingerprint density at radius 2 is 1.77 bits per heavy atom. The molecule has 30 heavy (non-hydrogen) atoms. The van der Waals surface area contributed by atoms with Crippen LogP contribution < -0.4 is 0 Å². The second-order valence-corrected chi connectivity index (χ2v) is 9.84. The second-order valence-electron chi connectivity index (χ2n) is 9.84. The highest BCUT2D eigenvalue weighted by molar-refractivity contribution is 5.99. The van der Waals surface area contributed by atoms with Gasteiger partial charge in [0.15, 0.2) is 0 Å². The van der Waals surface area contributed by atoms with Gasteiger partial charge >= 0.3 is 6.09 Å². The van der Waals surface area contributed by atoms with Crippen molar-refractivity contribution in [3.8, 4) is 0 Å². The van der Waals surface area contributed by atoms with Gasteiger partial charge in [-0.2, -0.15) is 0 Å². The molecule has 1 aromatic carbocycles. The van der Waals surface area contributed by atoms with Gasteiger partial charge in [-0.05, 0) is 57.7 Å². The van der Waals surface area contributed by atoms with E-state index < -0.39 is 5.60 Å². The summed E-state index contributed by atoms with van der Waals surface area (Å²) in [6.45, 7) is 10.7. The molecule has 2 aliphatic rings. The lowest BCUT2D eigenvalue weighted by Crippen LogP contribution is -2.40. The molecule has 2 amide bonds. The maximum Gasteiger partial charge on any atom is 0.410 e. The number of fused-ring (bicyclic) bond motifs is 3. The Balaban J connectivity index is 1.63. The van der Waals surface area contributed by atoms with Gasteiger partial charge in [-0.3, -0.25) is 4.79 Å². The van der Waals surface area contributed by atoms with Crippen LogP contribution >= 0.6 is 0 Å². The Labute approximate surface area is 178 Å². The first-order chi connectivity index (χ1) is 14.1. The van der Waals surface area contributed by atoms with Gasteiger partial charge in [-0.15, -0.1) is 0 Å². The summed E-state index contributed by atoms with van der Waals surface area (Å²) in [6.07, 6.45) is 2.64. The number of carbonyl (C=O) groups excluding carboxylic acids is 2. The van der Waals surface area contributed by atoms with Crippen LogP contribution in [-0.4, -0.2) is 51.6 Å². The summed E-state index contributed by atoms with van der Waals surface area (Å²) in [5, 5.41) is 1.07. The SMILES string of the molecule is CC1CCN(C(=O)c2ccc3c(c2)c2c(n3C)CCN(C(=O)OC(C)(C)C)C2)CC1. The third-order valence-electron chi connectivity index (χ3n) is 6.37. The molecule has 0 spiro atoms. The smallest absolute Gasteiger partial charge is 0.410 e. The number of ether oxygens (including phenoxy) is 1. The van der Waals surface area contributed by atoms with Crippen LogP contribution in [0.4, 0.5) is 4.79 Å². The summed E-state index contributed by atoms with van der Waals surface area (Å²) >= 11 is 0. The third-order valence-corrected chi connectivity index (χ3v) is 6.37. The van der Waals surface area contributed by atoms with Crippen LogP contribution in [0.15, 0.2) is 18.2 Å². The van der Waals surface area contributed by atoms with Crippen molar-refractivity contribution in [2.75, 3.05) is 19.6 Å². The van der Waals surface area contributed by atoms with Crippen molar-refractivity contribution in [3.05, 3.63) is 35.0 Å². The van der Waals surface area contributed by atoms with Crippen LogP contribution in [0.3, 0.4) is 0 Å². The van der Waals surface area contributed by atoms with Crippen LogP contribution in [0.5, 0.6) is 0 Å². The van der Waals surface area contributed by atoms with Crippen molar-refractivity contribution in [2.45, 2.75) is 59.1 Å². The minimum atomic E-state index is -0.512. The number of hydrogen-bond acceptors (Lipinski definition) is 3. The molecular formula is C24H33N3O3. The van der Waals surface area contributed by atoms with Gasteiger partial charge < -0.3 is 19.1 Å². The summed E-state index contributed by atoms with van der Waals surface area (Å²) < 4.78 is 7.78. The summed E-state index contributed by atoms with van der Waals surface area (Å²) in [7, 11) is 2.07. The predicted molar refractivity (Wildman–Crippen MR) is 118 cm³/mol. The maximum atomic E-state index is 13.1. The zero-order valence-corrected chi connectivity index (χ0v) is 18.8. The van der Waals surface area contributed by atoms with Crippen LogP contribution in [0.25, 0.3) is 10.9 Å². The number of aryl methyl sites for hydroxylation is 1. The first-order valence-electron chi connectivity index (χ1n) is 11.0. The Morgan fingerprint density at radius 1 is 1.07 bits per heavy atom. The molecule has 3 heterocycles. The molecular weight excluding hydrogens is 378 g/mol. The van der Waals surface area contributed by atoms with Gasteiger partial charge in [0.2, 0.25) is 0 Å². The van der Waals surface area contributed by atoms with E-state index >= 15 is 0 Å². The molecule has 0 saturated carbocycles. The van der Waals surface area contributed by atoms with Crippen molar-refractivity contribution >= 4 is 22.9 Å². The van der Waals surface area contributed by atoms with E-state index in [-0.39, 0.29) is 12.0 Å². The average Bonchev–Trinajstić information content (AvgIpc) is 2.98. The number of benzene rings is 1. The fraction of sp³-hybridized carbons (Fsp3) is 0.583. The number of hydrogen-bond donors (Lipinski definition) is 0. The number of rotatable bonds is 1. The van der Waals surface area contributed by atoms with Crippen molar-refractivity contribution in [2.24, 2.45) is 13.0 Å². The molecule has 0 unspecified atom stereocenters. The molecule has 1 fully saturated rings. The fourth-order valence-electron chi connectivity index (χ4n) is 4.59. The Kier molecular flexibility index (Phi) is 5.28. The second kappa shape index (κ2) is 7.64. The number of amides is 2. The zero-order valence-electron chi connectivity index (χ0n) is 18.8. The number of carbonyl (C=O) groups is 2. The molecule has 6 heteroatoms. The van der Waals surface area contributed by atoms with Crippen molar-refractivity contribution in [3.63, 3.8) is 0 Å². The number of likely N-dealkylation sites (tertiary alicyclic amines) is 1. The van der Waals surface area contributed by atoms with E-state index in [1.807, 2.05) is 43.9 Å². The van der Waals surface area contributed by atoms with Crippen LogP contribution in [-0.2, 0) is 24.8 Å².